The van der Waals surface area contributed by atoms with Gasteiger partial charge in [0.2, 0.25) is 0 Å². The van der Waals surface area contributed by atoms with Crippen molar-refractivity contribution in [1.29, 1.82) is 0 Å². The maximum Gasteiger partial charge on any atom is 0.323 e. The molecule has 5 nitrogen and oxygen atoms in total. The minimum atomic E-state index is -0.371. The van der Waals surface area contributed by atoms with Crippen LogP contribution in [0.3, 0.4) is 0 Å². The molecular formula is C21H17N3O2S. The largest absolute Gasteiger partial charge is 0.508 e. The molecule has 1 aromatic heterocycles. The Hall–Kier alpha value is -3.38. The van der Waals surface area contributed by atoms with Gasteiger partial charge in [0, 0.05) is 23.0 Å². The average molecular weight is 375 g/mol. The van der Waals surface area contributed by atoms with Crippen molar-refractivity contribution in [3.63, 3.8) is 0 Å². The molecule has 0 saturated heterocycles. The van der Waals surface area contributed by atoms with Crippen LogP contribution in [-0.2, 0) is 0 Å². The predicted octanol–water partition coefficient (Wildman–Crippen LogP) is 5.62. The summed E-state index contributed by atoms with van der Waals surface area (Å²) in [5.41, 5.74) is 4.42. The first-order chi connectivity index (χ1) is 13.1. The number of hydrogen-bond donors (Lipinski definition) is 3. The van der Waals surface area contributed by atoms with Crippen LogP contribution in [0, 0.1) is 6.92 Å². The van der Waals surface area contributed by atoms with Crippen LogP contribution in [0.4, 0.5) is 16.2 Å². The molecule has 2 amide bonds. The van der Waals surface area contributed by atoms with Gasteiger partial charge in [-0.3, -0.25) is 0 Å². The molecule has 4 rings (SSSR count). The Labute approximate surface area is 160 Å². The van der Waals surface area contributed by atoms with E-state index >= 15 is 0 Å². The van der Waals surface area contributed by atoms with Gasteiger partial charge in [-0.25, -0.2) is 9.78 Å². The van der Waals surface area contributed by atoms with Crippen molar-refractivity contribution >= 4 is 39.0 Å². The fourth-order valence-electron chi connectivity index (χ4n) is 2.73. The molecule has 134 valence electrons. The fraction of sp³-hybridized carbons (Fsp3) is 0.0476. The Morgan fingerprint density at radius 1 is 0.963 bits per heavy atom. The van der Waals surface area contributed by atoms with E-state index in [0.717, 1.165) is 20.8 Å². The highest BCUT2D eigenvalue weighted by atomic mass is 32.1. The SMILES string of the molecule is Cc1ccc2nc(-c3ccc(NC(=O)Nc4cccc(O)c4)cc3)sc2c1. The highest BCUT2D eigenvalue weighted by molar-refractivity contribution is 7.21. The summed E-state index contributed by atoms with van der Waals surface area (Å²) in [5, 5.41) is 15.8. The minimum Gasteiger partial charge on any atom is -0.508 e. The van der Waals surface area contributed by atoms with Crippen LogP contribution in [0.2, 0.25) is 0 Å². The van der Waals surface area contributed by atoms with E-state index in [9.17, 15) is 9.90 Å². The summed E-state index contributed by atoms with van der Waals surface area (Å²) in [6.45, 7) is 2.07. The highest BCUT2D eigenvalue weighted by Crippen LogP contribution is 2.31. The topological polar surface area (TPSA) is 74.2 Å². The number of carbonyl (C=O) groups excluding carboxylic acids is 1. The van der Waals surface area contributed by atoms with Gasteiger partial charge in [0.05, 0.1) is 10.2 Å². The Bertz CT molecular complexity index is 1120. The van der Waals surface area contributed by atoms with Gasteiger partial charge >= 0.3 is 6.03 Å². The number of fused-ring (bicyclic) bond motifs is 1. The monoisotopic (exact) mass is 375 g/mol. The third kappa shape index (κ3) is 3.91. The zero-order valence-electron chi connectivity index (χ0n) is 14.6. The Kier molecular flexibility index (Phi) is 4.48. The van der Waals surface area contributed by atoms with Gasteiger partial charge in [0.15, 0.2) is 0 Å². The number of phenolic OH excluding ortho intramolecular Hbond substituents is 1. The molecule has 0 unspecified atom stereocenters. The maximum absolute atomic E-state index is 12.1. The molecule has 3 N–H and O–H groups in total. The molecule has 0 spiro atoms. The van der Waals surface area contributed by atoms with Crippen molar-refractivity contribution in [2.75, 3.05) is 10.6 Å². The van der Waals surface area contributed by atoms with Crippen molar-refractivity contribution in [1.82, 2.24) is 4.98 Å². The van der Waals surface area contributed by atoms with E-state index in [1.165, 1.54) is 11.6 Å². The van der Waals surface area contributed by atoms with Crippen molar-refractivity contribution < 1.29 is 9.90 Å². The Morgan fingerprint density at radius 3 is 2.52 bits per heavy atom. The number of carbonyl (C=O) groups is 1. The van der Waals surface area contributed by atoms with Gasteiger partial charge in [0.1, 0.15) is 10.8 Å². The predicted molar refractivity (Wildman–Crippen MR) is 111 cm³/mol. The molecule has 0 bridgehead atoms. The quantitative estimate of drug-likeness (QED) is 0.435. The molecule has 6 heteroatoms. The van der Waals surface area contributed by atoms with Crippen molar-refractivity contribution in [3.05, 3.63) is 72.3 Å². The summed E-state index contributed by atoms with van der Waals surface area (Å²) in [6, 6.07) is 19.8. The number of anilines is 2. The van der Waals surface area contributed by atoms with E-state index in [1.54, 1.807) is 29.5 Å². The molecule has 0 radical (unpaired) electrons. The molecule has 0 saturated carbocycles. The Morgan fingerprint density at radius 2 is 1.74 bits per heavy atom. The van der Waals surface area contributed by atoms with Crippen LogP contribution in [0.5, 0.6) is 5.75 Å². The standard InChI is InChI=1S/C21H17N3O2S/c1-13-5-10-18-19(11-13)27-20(24-18)14-6-8-15(9-7-14)22-21(26)23-16-3-2-4-17(25)12-16/h2-12,25H,1H3,(H2,22,23,26). The molecule has 3 aromatic carbocycles. The van der Waals surface area contributed by atoms with E-state index in [2.05, 4.69) is 34.7 Å². The van der Waals surface area contributed by atoms with Crippen LogP contribution >= 0.6 is 11.3 Å². The smallest absolute Gasteiger partial charge is 0.323 e. The number of nitrogens with zero attached hydrogens (tertiary/aromatic N) is 1. The lowest BCUT2D eigenvalue weighted by atomic mass is 10.2. The number of benzene rings is 3. The van der Waals surface area contributed by atoms with Gasteiger partial charge in [-0.15, -0.1) is 11.3 Å². The molecular weight excluding hydrogens is 358 g/mol. The normalized spacial score (nSPS) is 10.7. The van der Waals surface area contributed by atoms with Crippen LogP contribution in [0.25, 0.3) is 20.8 Å². The van der Waals surface area contributed by atoms with Gasteiger partial charge < -0.3 is 15.7 Å². The van der Waals surface area contributed by atoms with Crippen LogP contribution in [0.1, 0.15) is 5.56 Å². The van der Waals surface area contributed by atoms with Gasteiger partial charge in [-0.05, 0) is 61.0 Å². The number of aromatic nitrogens is 1. The molecule has 0 fully saturated rings. The van der Waals surface area contributed by atoms with Crippen molar-refractivity contribution in [3.8, 4) is 16.3 Å². The average Bonchev–Trinajstić information content (AvgIpc) is 3.05. The lowest BCUT2D eigenvalue weighted by Gasteiger charge is -2.08. The second-order valence-electron chi connectivity index (χ2n) is 6.20. The number of aromatic hydroxyl groups is 1. The lowest BCUT2D eigenvalue weighted by molar-refractivity contribution is 0.262. The highest BCUT2D eigenvalue weighted by Gasteiger charge is 2.08. The summed E-state index contributed by atoms with van der Waals surface area (Å²) < 4.78 is 1.16. The second-order valence-corrected chi connectivity index (χ2v) is 7.23. The fourth-order valence-corrected chi connectivity index (χ4v) is 3.80. The number of rotatable bonds is 3. The number of thiazole rings is 1. The molecule has 1 heterocycles. The zero-order chi connectivity index (χ0) is 18.8. The summed E-state index contributed by atoms with van der Waals surface area (Å²) >= 11 is 1.65. The summed E-state index contributed by atoms with van der Waals surface area (Å²) in [6.07, 6.45) is 0. The summed E-state index contributed by atoms with van der Waals surface area (Å²) in [5.74, 6) is 0.100. The number of hydrogen-bond acceptors (Lipinski definition) is 4. The number of aryl methyl sites for hydroxylation is 1. The summed E-state index contributed by atoms with van der Waals surface area (Å²) in [4.78, 5) is 16.8. The third-order valence-corrected chi connectivity index (χ3v) is 5.10. The van der Waals surface area contributed by atoms with Crippen molar-refractivity contribution in [2.24, 2.45) is 0 Å². The molecule has 27 heavy (non-hydrogen) atoms. The van der Waals surface area contributed by atoms with Crippen LogP contribution in [0.15, 0.2) is 66.7 Å². The van der Waals surface area contributed by atoms with Gasteiger partial charge in [-0.2, -0.15) is 0 Å². The molecule has 0 aliphatic rings. The first-order valence-electron chi connectivity index (χ1n) is 8.41. The van der Waals surface area contributed by atoms with E-state index in [0.29, 0.717) is 11.4 Å². The van der Waals surface area contributed by atoms with E-state index in [1.807, 2.05) is 30.3 Å². The molecule has 0 aliphatic carbocycles. The zero-order valence-corrected chi connectivity index (χ0v) is 15.4. The maximum atomic E-state index is 12.1. The van der Waals surface area contributed by atoms with Crippen LogP contribution < -0.4 is 10.6 Å². The number of urea groups is 1. The summed E-state index contributed by atoms with van der Waals surface area (Å²) in [7, 11) is 0. The first-order valence-corrected chi connectivity index (χ1v) is 9.23. The van der Waals surface area contributed by atoms with Gasteiger partial charge in [0.25, 0.3) is 0 Å². The van der Waals surface area contributed by atoms with Crippen LogP contribution in [-0.4, -0.2) is 16.1 Å². The number of amides is 2. The first kappa shape index (κ1) is 17.1. The second kappa shape index (κ2) is 7.09. The third-order valence-electron chi connectivity index (χ3n) is 4.04. The number of phenols is 1. The molecule has 4 aromatic rings. The van der Waals surface area contributed by atoms with E-state index in [-0.39, 0.29) is 11.8 Å². The molecule has 0 aliphatic heterocycles. The van der Waals surface area contributed by atoms with Crippen molar-refractivity contribution in [2.45, 2.75) is 6.92 Å². The Balaban J connectivity index is 1.47. The number of nitrogens with one attached hydrogen (secondary N) is 2. The van der Waals surface area contributed by atoms with E-state index in [4.69, 9.17) is 0 Å². The minimum absolute atomic E-state index is 0.100. The molecule has 0 atom stereocenters. The van der Waals surface area contributed by atoms with Gasteiger partial charge in [-0.1, -0.05) is 12.1 Å². The lowest BCUT2D eigenvalue weighted by Crippen LogP contribution is -2.19. The van der Waals surface area contributed by atoms with E-state index < -0.39 is 0 Å².